The van der Waals surface area contributed by atoms with E-state index < -0.39 is 27.4 Å². The van der Waals surface area contributed by atoms with Crippen molar-refractivity contribution >= 4 is 43.8 Å². The van der Waals surface area contributed by atoms with Crippen LogP contribution in [0.2, 0.25) is 0 Å². The maximum atomic E-state index is 13.6. The Bertz CT molecular complexity index is 2360. The van der Waals surface area contributed by atoms with Gasteiger partial charge in [0, 0.05) is 41.0 Å². The van der Waals surface area contributed by atoms with E-state index in [4.69, 9.17) is 4.74 Å². The summed E-state index contributed by atoms with van der Waals surface area (Å²) in [5.41, 5.74) is 4.19. The molecular formula is C37H33N5O6S. The van der Waals surface area contributed by atoms with Crippen LogP contribution in [-0.2, 0) is 16.6 Å². The highest BCUT2D eigenvalue weighted by Crippen LogP contribution is 2.28. The van der Waals surface area contributed by atoms with Crippen molar-refractivity contribution in [2.24, 2.45) is 5.10 Å². The standard InChI is InChI=1S/C37H33N5O6S/c1-3-41(4-2)49(46,47)29-13-8-12-28(22-29)42-36(44)31-15-6-5-14-30(31)32(37(42)45)23-39-40-35(43)27-19-17-25(18-20-27)24-48-33-16-7-10-26-11-9-21-38-34(26)33/h5-23,45H,3-4,24H2,1-2H3,(H,40,43). The summed E-state index contributed by atoms with van der Waals surface area (Å²) in [6.07, 6.45) is 2.97. The Balaban J connectivity index is 1.23. The van der Waals surface area contributed by atoms with Gasteiger partial charge in [-0.15, -0.1) is 0 Å². The Morgan fingerprint density at radius 2 is 1.65 bits per heavy atom. The van der Waals surface area contributed by atoms with Gasteiger partial charge in [-0.25, -0.2) is 18.4 Å². The molecule has 4 aromatic carbocycles. The zero-order chi connectivity index (χ0) is 34.5. The summed E-state index contributed by atoms with van der Waals surface area (Å²) < 4.78 is 34.7. The van der Waals surface area contributed by atoms with E-state index in [1.165, 1.54) is 34.8 Å². The van der Waals surface area contributed by atoms with E-state index in [1.807, 2.05) is 30.3 Å². The minimum absolute atomic E-state index is 0.0150. The van der Waals surface area contributed by atoms with Gasteiger partial charge in [-0.2, -0.15) is 9.41 Å². The minimum atomic E-state index is -3.83. The molecule has 2 aromatic heterocycles. The third kappa shape index (κ3) is 6.64. The van der Waals surface area contributed by atoms with E-state index in [-0.39, 0.29) is 41.2 Å². The molecule has 0 aliphatic carbocycles. The lowest BCUT2D eigenvalue weighted by Crippen LogP contribution is -2.30. The number of para-hydroxylation sites is 1. The van der Waals surface area contributed by atoms with Crippen LogP contribution < -0.4 is 15.7 Å². The summed E-state index contributed by atoms with van der Waals surface area (Å²) in [4.78, 5) is 31.0. The fraction of sp³-hybridized carbons (Fsp3) is 0.135. The summed E-state index contributed by atoms with van der Waals surface area (Å²) in [6, 6.07) is 28.9. The Morgan fingerprint density at radius 3 is 2.41 bits per heavy atom. The van der Waals surface area contributed by atoms with Crippen LogP contribution in [-0.4, -0.2) is 52.6 Å². The molecule has 0 fully saturated rings. The fourth-order valence-corrected chi connectivity index (χ4v) is 7.05. The molecule has 0 atom stereocenters. The lowest BCUT2D eigenvalue weighted by Gasteiger charge is -2.19. The molecule has 6 rings (SSSR count). The van der Waals surface area contributed by atoms with Gasteiger partial charge in [-0.3, -0.25) is 14.6 Å². The van der Waals surface area contributed by atoms with Crippen LogP contribution in [0.15, 0.2) is 124 Å². The minimum Gasteiger partial charge on any atom is -0.494 e. The molecule has 0 bridgehead atoms. The van der Waals surface area contributed by atoms with E-state index in [2.05, 4.69) is 15.5 Å². The number of hydrogen-bond donors (Lipinski definition) is 2. The number of hydrazone groups is 1. The molecule has 0 radical (unpaired) electrons. The van der Waals surface area contributed by atoms with Crippen molar-refractivity contribution in [1.29, 1.82) is 0 Å². The molecule has 1 amide bonds. The highest BCUT2D eigenvalue weighted by atomic mass is 32.2. The SMILES string of the molecule is CCN(CC)S(=O)(=O)c1cccc(-n2c(O)c(C=NNC(=O)c3ccc(COc4cccc5cccnc45)cc3)c3ccccc3c2=O)c1. The van der Waals surface area contributed by atoms with E-state index in [0.29, 0.717) is 16.7 Å². The van der Waals surface area contributed by atoms with Crippen molar-refractivity contribution < 1.29 is 23.1 Å². The Hall–Kier alpha value is -5.85. The fourth-order valence-electron chi connectivity index (χ4n) is 5.55. The molecule has 0 saturated carbocycles. The van der Waals surface area contributed by atoms with Gasteiger partial charge in [0.1, 0.15) is 17.9 Å². The van der Waals surface area contributed by atoms with Crippen LogP contribution in [0.5, 0.6) is 11.6 Å². The number of aromatic hydroxyl groups is 1. The molecule has 6 aromatic rings. The second-order valence-corrected chi connectivity index (χ2v) is 13.0. The molecule has 248 valence electrons. The van der Waals surface area contributed by atoms with Crippen molar-refractivity contribution in [2.45, 2.75) is 25.3 Å². The van der Waals surface area contributed by atoms with E-state index >= 15 is 0 Å². The lowest BCUT2D eigenvalue weighted by molar-refractivity contribution is 0.0955. The highest BCUT2D eigenvalue weighted by Gasteiger charge is 2.23. The van der Waals surface area contributed by atoms with Gasteiger partial charge in [0.15, 0.2) is 0 Å². The smallest absolute Gasteiger partial charge is 0.271 e. The van der Waals surface area contributed by atoms with Gasteiger partial charge in [0.05, 0.1) is 22.4 Å². The zero-order valence-electron chi connectivity index (χ0n) is 26.8. The topological polar surface area (TPSA) is 143 Å². The number of fused-ring (bicyclic) bond motifs is 2. The number of ether oxygens (including phenoxy) is 1. The number of aromatic nitrogens is 2. The van der Waals surface area contributed by atoms with Gasteiger partial charge >= 0.3 is 0 Å². The second kappa shape index (κ2) is 14.1. The van der Waals surface area contributed by atoms with Gasteiger partial charge < -0.3 is 9.84 Å². The number of amides is 1. The first-order valence-electron chi connectivity index (χ1n) is 15.6. The summed E-state index contributed by atoms with van der Waals surface area (Å²) in [7, 11) is -3.83. The molecule has 0 spiro atoms. The molecule has 0 aliphatic rings. The molecule has 11 nitrogen and oxygen atoms in total. The molecule has 0 saturated heterocycles. The zero-order valence-corrected chi connectivity index (χ0v) is 27.6. The predicted octanol–water partition coefficient (Wildman–Crippen LogP) is 5.62. The first kappa shape index (κ1) is 33.1. The van der Waals surface area contributed by atoms with Crippen molar-refractivity contribution in [3.63, 3.8) is 0 Å². The average molecular weight is 676 g/mol. The number of pyridine rings is 2. The summed E-state index contributed by atoms with van der Waals surface area (Å²) >= 11 is 0. The van der Waals surface area contributed by atoms with Crippen LogP contribution in [0, 0.1) is 0 Å². The van der Waals surface area contributed by atoms with E-state index in [9.17, 15) is 23.1 Å². The van der Waals surface area contributed by atoms with Crippen molar-refractivity contribution in [3.05, 3.63) is 136 Å². The number of hydrogen-bond acceptors (Lipinski definition) is 8. The first-order valence-corrected chi connectivity index (χ1v) is 17.0. The maximum Gasteiger partial charge on any atom is 0.271 e. The molecule has 0 aliphatic heterocycles. The van der Waals surface area contributed by atoms with Gasteiger partial charge in [0.2, 0.25) is 15.9 Å². The normalized spacial score (nSPS) is 11.8. The molecule has 2 N–H and O–H groups in total. The first-order chi connectivity index (χ1) is 23.7. The number of nitrogens with one attached hydrogen (secondary N) is 1. The highest BCUT2D eigenvalue weighted by molar-refractivity contribution is 7.89. The van der Waals surface area contributed by atoms with Crippen molar-refractivity contribution in [2.75, 3.05) is 13.1 Å². The lowest BCUT2D eigenvalue weighted by atomic mass is 10.1. The average Bonchev–Trinajstić information content (AvgIpc) is 3.13. The predicted molar refractivity (Wildman–Crippen MR) is 189 cm³/mol. The molecule has 2 heterocycles. The number of benzene rings is 4. The quantitative estimate of drug-likeness (QED) is 0.134. The Morgan fingerprint density at radius 1 is 0.939 bits per heavy atom. The van der Waals surface area contributed by atoms with Gasteiger partial charge in [0.25, 0.3) is 11.5 Å². The molecular weight excluding hydrogens is 643 g/mol. The maximum absolute atomic E-state index is 13.6. The van der Waals surface area contributed by atoms with E-state index in [1.54, 1.807) is 68.6 Å². The largest absolute Gasteiger partial charge is 0.494 e. The summed E-state index contributed by atoms with van der Waals surface area (Å²) in [5.74, 6) is -0.299. The van der Waals surface area contributed by atoms with Crippen LogP contribution in [0.1, 0.15) is 35.3 Å². The third-order valence-electron chi connectivity index (χ3n) is 8.09. The third-order valence-corrected chi connectivity index (χ3v) is 10.1. The number of nitrogens with zero attached hydrogens (tertiary/aromatic N) is 4. The second-order valence-electron chi connectivity index (χ2n) is 11.0. The number of rotatable bonds is 11. The van der Waals surface area contributed by atoms with E-state index in [0.717, 1.165) is 21.0 Å². The number of carbonyl (C=O) groups is 1. The van der Waals surface area contributed by atoms with Crippen LogP contribution >= 0.6 is 0 Å². The van der Waals surface area contributed by atoms with Crippen LogP contribution in [0.3, 0.4) is 0 Å². The molecule has 12 heteroatoms. The van der Waals surface area contributed by atoms with Crippen molar-refractivity contribution in [3.8, 4) is 17.3 Å². The number of carbonyl (C=O) groups excluding carboxylic acids is 1. The summed E-state index contributed by atoms with van der Waals surface area (Å²) in [6.45, 7) is 4.32. The summed E-state index contributed by atoms with van der Waals surface area (Å²) in [5, 5.41) is 17.1. The molecule has 0 unspecified atom stereocenters. The Kier molecular flexibility index (Phi) is 9.51. The monoisotopic (exact) mass is 675 g/mol. The van der Waals surface area contributed by atoms with Gasteiger partial charge in [-0.05, 0) is 54.1 Å². The van der Waals surface area contributed by atoms with Gasteiger partial charge in [-0.1, -0.05) is 68.4 Å². The number of sulfonamides is 1. The van der Waals surface area contributed by atoms with Crippen LogP contribution in [0.4, 0.5) is 0 Å². The molecule has 49 heavy (non-hydrogen) atoms. The van der Waals surface area contributed by atoms with Crippen LogP contribution in [0.25, 0.3) is 27.4 Å². The Labute approximate surface area is 282 Å². The van der Waals surface area contributed by atoms with Crippen molar-refractivity contribution in [1.82, 2.24) is 19.3 Å².